The summed E-state index contributed by atoms with van der Waals surface area (Å²) in [6, 6.07) is 8.33. The summed E-state index contributed by atoms with van der Waals surface area (Å²) in [4.78, 5) is 2.29. The van der Waals surface area contributed by atoms with E-state index in [1.165, 1.54) is 5.57 Å². The van der Waals surface area contributed by atoms with Gasteiger partial charge in [-0.05, 0) is 50.9 Å². The molecule has 1 N–H and O–H groups in total. The molecule has 2 aromatic rings. The first-order chi connectivity index (χ1) is 12.5. The predicted molar refractivity (Wildman–Crippen MR) is 99.9 cm³/mol. The summed E-state index contributed by atoms with van der Waals surface area (Å²) >= 11 is 0. The van der Waals surface area contributed by atoms with E-state index in [0.717, 1.165) is 37.2 Å². The number of hydrogen-bond acceptors (Lipinski definition) is 5. The Kier molecular flexibility index (Phi) is 4.54. The van der Waals surface area contributed by atoms with Gasteiger partial charge in [-0.1, -0.05) is 23.4 Å². The van der Waals surface area contributed by atoms with E-state index in [9.17, 15) is 5.11 Å². The van der Waals surface area contributed by atoms with Crippen molar-refractivity contribution in [2.75, 3.05) is 26.2 Å². The van der Waals surface area contributed by atoms with Crippen LogP contribution in [0.1, 0.15) is 44.0 Å². The molecule has 1 fully saturated rings. The molecule has 1 aromatic heterocycles. The minimum absolute atomic E-state index is 0.240. The van der Waals surface area contributed by atoms with Crippen LogP contribution in [0.15, 0.2) is 36.0 Å². The van der Waals surface area contributed by atoms with Gasteiger partial charge >= 0.3 is 0 Å². The SMILES string of the molecule is CC(C)n1cc([C@]2(O)CCCN(CC3=Cc4ccccc4OC3)C2)nn1. The van der Waals surface area contributed by atoms with E-state index in [-0.39, 0.29) is 6.04 Å². The van der Waals surface area contributed by atoms with Gasteiger partial charge in [0.25, 0.3) is 0 Å². The molecule has 26 heavy (non-hydrogen) atoms. The molecule has 0 bridgehead atoms. The van der Waals surface area contributed by atoms with Crippen LogP contribution in [0.2, 0.25) is 0 Å². The Bertz CT molecular complexity index is 814. The lowest BCUT2D eigenvalue weighted by molar-refractivity contribution is -0.0366. The van der Waals surface area contributed by atoms with Crippen molar-refractivity contribution in [1.29, 1.82) is 0 Å². The smallest absolute Gasteiger partial charge is 0.127 e. The molecule has 2 aliphatic heterocycles. The van der Waals surface area contributed by atoms with Crippen LogP contribution in [0, 0.1) is 0 Å². The van der Waals surface area contributed by atoms with Crippen molar-refractivity contribution in [1.82, 2.24) is 19.9 Å². The fraction of sp³-hybridized carbons (Fsp3) is 0.500. The van der Waals surface area contributed by atoms with Crippen molar-refractivity contribution in [3.63, 3.8) is 0 Å². The molecule has 6 nitrogen and oxygen atoms in total. The summed E-state index contributed by atoms with van der Waals surface area (Å²) < 4.78 is 7.67. The average Bonchev–Trinajstić information content (AvgIpc) is 3.13. The van der Waals surface area contributed by atoms with Crippen molar-refractivity contribution < 1.29 is 9.84 Å². The van der Waals surface area contributed by atoms with Crippen LogP contribution in [0.25, 0.3) is 6.08 Å². The molecule has 3 heterocycles. The monoisotopic (exact) mass is 354 g/mol. The number of rotatable bonds is 4. The molecule has 6 heteroatoms. The maximum atomic E-state index is 11.2. The van der Waals surface area contributed by atoms with Gasteiger partial charge in [-0.15, -0.1) is 5.10 Å². The summed E-state index contributed by atoms with van der Waals surface area (Å²) in [6.07, 6.45) is 5.75. The predicted octanol–water partition coefficient (Wildman–Crippen LogP) is 2.62. The number of β-amino-alcohol motifs (C(OH)–C–C–N with tert-alkyl or cyclic N) is 1. The minimum Gasteiger partial charge on any atom is -0.489 e. The highest BCUT2D eigenvalue weighted by Crippen LogP contribution is 2.32. The van der Waals surface area contributed by atoms with Crippen molar-refractivity contribution in [2.24, 2.45) is 0 Å². The van der Waals surface area contributed by atoms with E-state index in [1.807, 2.05) is 24.4 Å². The average molecular weight is 354 g/mol. The number of nitrogens with zero attached hydrogens (tertiary/aromatic N) is 4. The summed E-state index contributed by atoms with van der Waals surface area (Å²) in [6.45, 7) is 7.07. The number of para-hydroxylation sites is 1. The number of benzene rings is 1. The second-order valence-electron chi connectivity index (χ2n) is 7.65. The zero-order chi connectivity index (χ0) is 18.1. The molecule has 1 atom stereocenters. The van der Waals surface area contributed by atoms with Crippen molar-refractivity contribution in [3.05, 3.63) is 47.3 Å². The summed E-state index contributed by atoms with van der Waals surface area (Å²) in [5.74, 6) is 0.941. The molecule has 0 unspecified atom stereocenters. The summed E-state index contributed by atoms with van der Waals surface area (Å²) in [5, 5.41) is 19.6. The molecule has 0 radical (unpaired) electrons. The summed E-state index contributed by atoms with van der Waals surface area (Å²) in [5.41, 5.74) is 2.11. The van der Waals surface area contributed by atoms with Crippen LogP contribution >= 0.6 is 0 Å². The lowest BCUT2D eigenvalue weighted by Crippen LogP contribution is -2.47. The first kappa shape index (κ1) is 17.2. The Morgan fingerprint density at radius 1 is 1.31 bits per heavy atom. The van der Waals surface area contributed by atoms with Crippen LogP contribution in [0.5, 0.6) is 5.75 Å². The quantitative estimate of drug-likeness (QED) is 0.914. The highest BCUT2D eigenvalue weighted by molar-refractivity contribution is 5.62. The van der Waals surface area contributed by atoms with E-state index >= 15 is 0 Å². The van der Waals surface area contributed by atoms with Gasteiger partial charge in [0.05, 0.1) is 6.20 Å². The molecule has 1 saturated heterocycles. The zero-order valence-corrected chi connectivity index (χ0v) is 15.4. The fourth-order valence-corrected chi connectivity index (χ4v) is 3.75. The van der Waals surface area contributed by atoms with Gasteiger partial charge in [-0.2, -0.15) is 0 Å². The molecule has 2 aliphatic rings. The van der Waals surface area contributed by atoms with Gasteiger partial charge in [0.2, 0.25) is 0 Å². The van der Waals surface area contributed by atoms with E-state index in [4.69, 9.17) is 4.74 Å². The third-order valence-corrected chi connectivity index (χ3v) is 5.18. The van der Waals surface area contributed by atoms with Crippen molar-refractivity contribution in [3.8, 4) is 5.75 Å². The molecule has 1 aromatic carbocycles. The number of piperidine rings is 1. The van der Waals surface area contributed by atoms with Gasteiger partial charge in [-0.3, -0.25) is 4.90 Å². The normalized spacial score (nSPS) is 23.5. The van der Waals surface area contributed by atoms with Gasteiger partial charge < -0.3 is 9.84 Å². The Hall–Kier alpha value is -2.18. The molecule has 0 spiro atoms. The highest BCUT2D eigenvalue weighted by Gasteiger charge is 2.37. The third-order valence-electron chi connectivity index (χ3n) is 5.18. The number of aliphatic hydroxyl groups is 1. The van der Waals surface area contributed by atoms with E-state index in [0.29, 0.717) is 18.8 Å². The maximum Gasteiger partial charge on any atom is 0.127 e. The molecule has 138 valence electrons. The van der Waals surface area contributed by atoms with E-state index < -0.39 is 5.60 Å². The lowest BCUT2D eigenvalue weighted by atomic mass is 9.89. The topological polar surface area (TPSA) is 63.4 Å². The van der Waals surface area contributed by atoms with Crippen LogP contribution in [0.3, 0.4) is 0 Å². The standard InChI is InChI=1S/C20H26N4O2/c1-15(2)24-12-19(21-22-24)20(25)8-5-9-23(14-20)11-16-10-17-6-3-4-7-18(17)26-13-16/h3-4,6-7,10,12,15,25H,5,8-9,11,13-14H2,1-2H3/t20-/m0/s1. The van der Waals surface area contributed by atoms with Crippen LogP contribution in [-0.4, -0.2) is 51.2 Å². The fourth-order valence-electron chi connectivity index (χ4n) is 3.75. The number of hydrogen-bond donors (Lipinski definition) is 1. The number of likely N-dealkylation sites (tertiary alicyclic amines) is 1. The van der Waals surface area contributed by atoms with Crippen LogP contribution in [-0.2, 0) is 5.60 Å². The molecule has 4 rings (SSSR count). The highest BCUT2D eigenvalue weighted by atomic mass is 16.5. The Morgan fingerprint density at radius 2 is 2.15 bits per heavy atom. The Balaban J connectivity index is 1.48. The second-order valence-corrected chi connectivity index (χ2v) is 7.65. The van der Waals surface area contributed by atoms with Gasteiger partial charge in [0.1, 0.15) is 23.7 Å². The first-order valence-corrected chi connectivity index (χ1v) is 9.32. The number of aromatic nitrogens is 3. The molecule has 0 amide bonds. The Labute approximate surface area is 154 Å². The van der Waals surface area contributed by atoms with Crippen LogP contribution in [0.4, 0.5) is 0 Å². The molecule has 0 aliphatic carbocycles. The Morgan fingerprint density at radius 3 is 2.96 bits per heavy atom. The van der Waals surface area contributed by atoms with Gasteiger partial charge in [0.15, 0.2) is 0 Å². The molecule has 0 saturated carbocycles. The van der Waals surface area contributed by atoms with Crippen LogP contribution < -0.4 is 4.74 Å². The largest absolute Gasteiger partial charge is 0.489 e. The zero-order valence-electron chi connectivity index (χ0n) is 15.4. The maximum absolute atomic E-state index is 11.2. The minimum atomic E-state index is -0.931. The second kappa shape index (κ2) is 6.85. The van der Waals surface area contributed by atoms with Crippen molar-refractivity contribution in [2.45, 2.75) is 38.3 Å². The van der Waals surface area contributed by atoms with Crippen molar-refractivity contribution >= 4 is 6.08 Å². The van der Waals surface area contributed by atoms with E-state index in [1.54, 1.807) is 4.68 Å². The third kappa shape index (κ3) is 3.39. The van der Waals surface area contributed by atoms with Gasteiger partial charge in [0, 0.05) is 24.7 Å². The molecular formula is C20H26N4O2. The van der Waals surface area contributed by atoms with Gasteiger partial charge in [-0.25, -0.2) is 4.68 Å². The first-order valence-electron chi connectivity index (χ1n) is 9.32. The van der Waals surface area contributed by atoms with E-state index in [2.05, 4.69) is 41.2 Å². The lowest BCUT2D eigenvalue weighted by Gasteiger charge is -2.38. The summed E-state index contributed by atoms with van der Waals surface area (Å²) in [7, 11) is 0. The molecular weight excluding hydrogens is 328 g/mol. The number of fused-ring (bicyclic) bond motifs is 1. The number of ether oxygens (including phenoxy) is 1.